The lowest BCUT2D eigenvalue weighted by Gasteiger charge is -2.36. The molecule has 0 bridgehead atoms. The summed E-state index contributed by atoms with van der Waals surface area (Å²) in [6.07, 6.45) is -0.287. The molecule has 0 spiro atoms. The quantitative estimate of drug-likeness (QED) is 0.718. The highest BCUT2D eigenvalue weighted by atomic mass is 19.4. The van der Waals surface area contributed by atoms with Crippen molar-refractivity contribution in [2.24, 2.45) is 0 Å². The Morgan fingerprint density at radius 2 is 1.87 bits per heavy atom. The number of anilines is 1. The Kier molecular flexibility index (Phi) is 6.79. The third-order valence-electron chi connectivity index (χ3n) is 5.20. The van der Waals surface area contributed by atoms with Gasteiger partial charge in [0, 0.05) is 43.6 Å². The molecule has 9 heteroatoms. The fraction of sp³-hybridized carbons (Fsp3) is 0.476. The van der Waals surface area contributed by atoms with Crippen molar-refractivity contribution in [1.29, 1.82) is 0 Å². The van der Waals surface area contributed by atoms with Crippen LogP contribution in [0.5, 0.6) is 0 Å². The highest BCUT2D eigenvalue weighted by Gasteiger charge is 2.31. The lowest BCUT2D eigenvalue weighted by Crippen LogP contribution is -2.50. The summed E-state index contributed by atoms with van der Waals surface area (Å²) >= 11 is 0. The standard InChI is InChI=1S/C21H25F3N4O2/c1-2-3-6-17-13-19(29)28(15-25-17)14-20(30)27-10-8-26(9-11-27)18-7-4-5-16(12-18)21(22,23)24/h4-5,7,12-13,15H,2-3,6,8-11,14H2,1H3. The van der Waals surface area contributed by atoms with Crippen molar-refractivity contribution in [1.82, 2.24) is 14.5 Å². The average molecular weight is 422 g/mol. The summed E-state index contributed by atoms with van der Waals surface area (Å²) in [4.78, 5) is 32.5. The van der Waals surface area contributed by atoms with Gasteiger partial charge >= 0.3 is 6.18 Å². The van der Waals surface area contributed by atoms with Crippen LogP contribution in [-0.2, 0) is 23.9 Å². The first kappa shape index (κ1) is 21.9. The van der Waals surface area contributed by atoms with Gasteiger partial charge < -0.3 is 9.80 Å². The minimum atomic E-state index is -4.39. The third kappa shape index (κ3) is 5.40. The first-order valence-electron chi connectivity index (χ1n) is 10.0. The Labute approximate surface area is 172 Å². The van der Waals surface area contributed by atoms with Gasteiger partial charge in [-0.05, 0) is 31.0 Å². The molecule has 2 heterocycles. The number of aryl methyl sites for hydroxylation is 1. The normalized spacial score (nSPS) is 14.8. The van der Waals surface area contributed by atoms with E-state index in [2.05, 4.69) is 11.9 Å². The van der Waals surface area contributed by atoms with Crippen molar-refractivity contribution in [2.75, 3.05) is 31.1 Å². The van der Waals surface area contributed by atoms with E-state index in [4.69, 9.17) is 0 Å². The molecule has 1 aliphatic heterocycles. The van der Waals surface area contributed by atoms with Crippen molar-refractivity contribution in [2.45, 2.75) is 38.9 Å². The Morgan fingerprint density at radius 1 is 1.13 bits per heavy atom. The lowest BCUT2D eigenvalue weighted by molar-refractivity contribution is -0.137. The number of rotatable bonds is 6. The predicted molar refractivity (Wildman–Crippen MR) is 107 cm³/mol. The minimum Gasteiger partial charge on any atom is -0.368 e. The largest absolute Gasteiger partial charge is 0.416 e. The van der Waals surface area contributed by atoms with Crippen molar-refractivity contribution < 1.29 is 18.0 Å². The molecule has 1 saturated heterocycles. The Bertz CT molecular complexity index is 934. The van der Waals surface area contributed by atoms with E-state index >= 15 is 0 Å². The number of piperazine rings is 1. The lowest BCUT2D eigenvalue weighted by atomic mass is 10.1. The zero-order valence-electron chi connectivity index (χ0n) is 16.9. The van der Waals surface area contributed by atoms with E-state index < -0.39 is 11.7 Å². The molecule has 1 aromatic heterocycles. The van der Waals surface area contributed by atoms with Crippen molar-refractivity contribution >= 4 is 11.6 Å². The Hall–Kier alpha value is -2.84. The van der Waals surface area contributed by atoms with E-state index in [-0.39, 0.29) is 18.0 Å². The van der Waals surface area contributed by atoms with Crippen LogP contribution in [0.1, 0.15) is 31.0 Å². The molecule has 0 unspecified atom stereocenters. The number of carbonyl (C=O) groups is 1. The molecule has 2 aromatic rings. The summed E-state index contributed by atoms with van der Waals surface area (Å²) in [5, 5.41) is 0. The first-order chi connectivity index (χ1) is 14.3. The number of hydrogen-bond donors (Lipinski definition) is 0. The SMILES string of the molecule is CCCCc1cc(=O)n(CC(=O)N2CCN(c3cccc(C(F)(F)F)c3)CC2)cn1. The van der Waals surface area contributed by atoms with Crippen LogP contribution >= 0.6 is 0 Å². The summed E-state index contributed by atoms with van der Waals surface area (Å²) < 4.78 is 40.1. The molecule has 1 amide bonds. The van der Waals surface area contributed by atoms with Crippen molar-refractivity contribution in [3.05, 3.63) is 58.3 Å². The van der Waals surface area contributed by atoms with Crippen LogP contribution in [-0.4, -0.2) is 46.5 Å². The number of hydrogen-bond acceptors (Lipinski definition) is 4. The third-order valence-corrected chi connectivity index (χ3v) is 5.20. The number of amides is 1. The van der Waals surface area contributed by atoms with Crippen LogP contribution in [0.15, 0.2) is 41.5 Å². The molecule has 162 valence electrons. The van der Waals surface area contributed by atoms with Gasteiger partial charge in [0.1, 0.15) is 6.54 Å². The molecule has 0 N–H and O–H groups in total. The smallest absolute Gasteiger partial charge is 0.368 e. The topological polar surface area (TPSA) is 58.4 Å². The molecule has 0 radical (unpaired) electrons. The van der Waals surface area contributed by atoms with E-state index in [1.165, 1.54) is 23.0 Å². The monoisotopic (exact) mass is 422 g/mol. The van der Waals surface area contributed by atoms with Gasteiger partial charge in [0.2, 0.25) is 5.91 Å². The van der Waals surface area contributed by atoms with E-state index in [1.807, 2.05) is 4.90 Å². The molecule has 1 aromatic carbocycles. The van der Waals surface area contributed by atoms with Gasteiger partial charge in [-0.15, -0.1) is 0 Å². The Morgan fingerprint density at radius 3 is 2.50 bits per heavy atom. The van der Waals surface area contributed by atoms with E-state index in [0.717, 1.165) is 37.1 Å². The van der Waals surface area contributed by atoms with Crippen LogP contribution in [0.2, 0.25) is 0 Å². The van der Waals surface area contributed by atoms with Gasteiger partial charge in [-0.2, -0.15) is 13.2 Å². The molecule has 30 heavy (non-hydrogen) atoms. The fourth-order valence-electron chi connectivity index (χ4n) is 3.42. The summed E-state index contributed by atoms with van der Waals surface area (Å²) in [6, 6.07) is 6.66. The molecular formula is C21H25F3N4O2. The van der Waals surface area contributed by atoms with Crippen LogP contribution in [0.3, 0.4) is 0 Å². The maximum atomic E-state index is 12.9. The van der Waals surface area contributed by atoms with Gasteiger partial charge in [0.25, 0.3) is 5.56 Å². The second-order valence-corrected chi connectivity index (χ2v) is 7.37. The molecule has 0 atom stereocenters. The molecule has 0 aliphatic carbocycles. The number of aromatic nitrogens is 2. The van der Waals surface area contributed by atoms with Crippen LogP contribution in [0, 0.1) is 0 Å². The molecule has 1 fully saturated rings. The summed E-state index contributed by atoms with van der Waals surface area (Å²) in [6.45, 7) is 3.58. The molecular weight excluding hydrogens is 397 g/mol. The predicted octanol–water partition coefficient (Wildman–Crippen LogP) is 2.95. The molecule has 3 rings (SSSR count). The fourth-order valence-corrected chi connectivity index (χ4v) is 3.42. The van der Waals surface area contributed by atoms with Gasteiger partial charge in [0.05, 0.1) is 11.9 Å². The van der Waals surface area contributed by atoms with Gasteiger partial charge in [-0.25, -0.2) is 4.98 Å². The zero-order valence-corrected chi connectivity index (χ0v) is 16.9. The van der Waals surface area contributed by atoms with Crippen LogP contribution in [0.25, 0.3) is 0 Å². The molecule has 6 nitrogen and oxygen atoms in total. The van der Waals surface area contributed by atoms with E-state index in [1.54, 1.807) is 11.0 Å². The van der Waals surface area contributed by atoms with Crippen LogP contribution < -0.4 is 10.5 Å². The number of alkyl halides is 3. The van der Waals surface area contributed by atoms with Crippen LogP contribution in [0.4, 0.5) is 18.9 Å². The number of carbonyl (C=O) groups excluding carboxylic acids is 1. The maximum Gasteiger partial charge on any atom is 0.416 e. The summed E-state index contributed by atoms with van der Waals surface area (Å²) in [7, 11) is 0. The zero-order chi connectivity index (χ0) is 21.7. The summed E-state index contributed by atoms with van der Waals surface area (Å²) in [5.41, 5.74) is 0.264. The maximum absolute atomic E-state index is 12.9. The number of halogens is 3. The van der Waals surface area contributed by atoms with E-state index in [0.29, 0.717) is 31.9 Å². The second kappa shape index (κ2) is 9.32. The highest BCUT2D eigenvalue weighted by molar-refractivity contribution is 5.76. The van der Waals surface area contributed by atoms with Gasteiger partial charge in [0.15, 0.2) is 0 Å². The second-order valence-electron chi connectivity index (χ2n) is 7.37. The van der Waals surface area contributed by atoms with Crippen molar-refractivity contribution in [3.8, 4) is 0 Å². The van der Waals surface area contributed by atoms with Gasteiger partial charge in [-0.1, -0.05) is 19.4 Å². The summed E-state index contributed by atoms with van der Waals surface area (Å²) in [5.74, 6) is -0.205. The number of unbranched alkanes of at least 4 members (excludes halogenated alkanes) is 1. The first-order valence-corrected chi connectivity index (χ1v) is 10.0. The van der Waals surface area contributed by atoms with E-state index in [9.17, 15) is 22.8 Å². The van der Waals surface area contributed by atoms with Crippen molar-refractivity contribution in [3.63, 3.8) is 0 Å². The average Bonchev–Trinajstić information content (AvgIpc) is 2.73. The van der Waals surface area contributed by atoms with Gasteiger partial charge in [-0.3, -0.25) is 14.2 Å². The molecule has 0 saturated carbocycles. The Balaban J connectivity index is 1.58. The molecule has 1 aliphatic rings. The minimum absolute atomic E-state index is 0.0938. The highest BCUT2D eigenvalue weighted by Crippen LogP contribution is 2.31. The number of nitrogens with zero attached hydrogens (tertiary/aromatic N) is 4. The number of benzene rings is 1.